The predicted octanol–water partition coefficient (Wildman–Crippen LogP) is 5.29. The van der Waals surface area contributed by atoms with Crippen molar-refractivity contribution in [3.63, 3.8) is 0 Å². The predicted molar refractivity (Wildman–Crippen MR) is 138 cm³/mol. The second-order valence-electron chi connectivity index (χ2n) is 9.12. The minimum absolute atomic E-state index is 0.0160. The summed E-state index contributed by atoms with van der Waals surface area (Å²) in [6.07, 6.45) is 3.67. The zero-order valence-electron chi connectivity index (χ0n) is 19.2. The molecule has 2 atom stereocenters. The first-order valence-electron chi connectivity index (χ1n) is 11.7. The molecule has 1 amide bonds. The van der Waals surface area contributed by atoms with Gasteiger partial charge in [-0.3, -0.25) is 9.36 Å². The fraction of sp³-hybridized carbons (Fsp3) is 0.478. The molecule has 0 radical (unpaired) electrons. The van der Waals surface area contributed by atoms with E-state index in [2.05, 4.69) is 15.6 Å². The van der Waals surface area contributed by atoms with Crippen molar-refractivity contribution in [1.82, 2.24) is 19.5 Å². The Morgan fingerprint density at radius 2 is 1.83 bits per heavy atom. The summed E-state index contributed by atoms with van der Waals surface area (Å²) in [5.41, 5.74) is 7.11. The van der Waals surface area contributed by atoms with Crippen LogP contribution in [-0.2, 0) is 9.53 Å². The Bertz CT molecular complexity index is 1260. The maximum absolute atomic E-state index is 14.3. The molecule has 3 aromatic rings. The molecule has 9 nitrogen and oxygen atoms in total. The number of hydrogen-bond acceptors (Lipinski definition) is 7. The number of nitrogens with two attached hydrogens (primary N) is 1. The highest BCUT2D eigenvalue weighted by molar-refractivity contribution is 6.41. The smallest absolute Gasteiger partial charge is 0.225 e. The van der Waals surface area contributed by atoms with Crippen molar-refractivity contribution in [3.05, 3.63) is 33.4 Å². The number of anilines is 3. The molecule has 1 aliphatic heterocycles. The molecule has 2 aromatic heterocycles. The van der Waals surface area contributed by atoms with E-state index in [0.717, 1.165) is 0 Å². The summed E-state index contributed by atoms with van der Waals surface area (Å²) in [7, 11) is 0. The molecule has 0 bridgehead atoms. The van der Waals surface area contributed by atoms with Crippen molar-refractivity contribution >= 4 is 69.5 Å². The van der Waals surface area contributed by atoms with Gasteiger partial charge < -0.3 is 21.1 Å². The molecule has 3 heterocycles. The maximum Gasteiger partial charge on any atom is 0.225 e. The molecule has 13 heteroatoms. The van der Waals surface area contributed by atoms with Crippen LogP contribution in [0.5, 0.6) is 0 Å². The molecular formula is C23H25Cl3FN7O2. The van der Waals surface area contributed by atoms with Crippen molar-refractivity contribution in [3.8, 4) is 0 Å². The molecule has 0 unspecified atom stereocenters. The van der Waals surface area contributed by atoms with Crippen LogP contribution in [0, 0.1) is 5.92 Å². The van der Waals surface area contributed by atoms with Gasteiger partial charge in [-0.15, -0.1) is 0 Å². The lowest BCUT2D eigenvalue weighted by molar-refractivity contribution is -0.122. The van der Waals surface area contributed by atoms with E-state index in [1.54, 1.807) is 18.3 Å². The molecule has 192 valence electrons. The number of halogens is 4. The van der Waals surface area contributed by atoms with Crippen molar-refractivity contribution in [2.45, 2.75) is 50.4 Å². The largest absolute Gasteiger partial charge is 0.378 e. The minimum Gasteiger partial charge on any atom is -0.378 e. The zero-order chi connectivity index (χ0) is 25.4. The van der Waals surface area contributed by atoms with Crippen LogP contribution in [0.3, 0.4) is 0 Å². The second-order valence-corrected chi connectivity index (χ2v) is 10.4. The van der Waals surface area contributed by atoms with Gasteiger partial charge in [-0.25, -0.2) is 14.4 Å². The number of rotatable bonds is 6. The number of aromatic nitrogens is 4. The fourth-order valence-corrected chi connectivity index (χ4v) is 5.73. The van der Waals surface area contributed by atoms with Gasteiger partial charge in [0.15, 0.2) is 5.65 Å². The van der Waals surface area contributed by atoms with Gasteiger partial charge in [-0.1, -0.05) is 34.8 Å². The maximum atomic E-state index is 14.3. The number of amides is 1. The number of alkyl halides is 1. The molecule has 0 spiro atoms. The molecule has 1 aliphatic carbocycles. The Hall–Kier alpha value is -2.40. The summed E-state index contributed by atoms with van der Waals surface area (Å²) >= 11 is 18.9. The van der Waals surface area contributed by atoms with E-state index in [1.807, 2.05) is 4.57 Å². The Balaban J connectivity index is 1.53. The SMILES string of the molecule is NC(=O)C1CCC(n2c(Nc3c(Cl)cc(Cl)cc3Cl)nc3cnc(N[C@H]4CCOC[C@@H]4F)nc32)CC1. The van der Waals surface area contributed by atoms with Gasteiger partial charge in [0.1, 0.15) is 11.7 Å². The van der Waals surface area contributed by atoms with Gasteiger partial charge in [0.05, 0.1) is 34.6 Å². The number of ether oxygens (including phenoxy) is 1. The van der Waals surface area contributed by atoms with E-state index in [4.69, 9.17) is 55.2 Å². The van der Waals surface area contributed by atoms with Gasteiger partial charge in [0.25, 0.3) is 0 Å². The quantitative estimate of drug-likeness (QED) is 0.377. The molecule has 36 heavy (non-hydrogen) atoms. The number of fused-ring (bicyclic) bond motifs is 1. The lowest BCUT2D eigenvalue weighted by Crippen LogP contribution is -2.39. The van der Waals surface area contributed by atoms with Gasteiger partial charge in [-0.05, 0) is 44.2 Å². The highest BCUT2D eigenvalue weighted by atomic mass is 35.5. The molecule has 4 N–H and O–H groups in total. The zero-order valence-corrected chi connectivity index (χ0v) is 21.5. The Morgan fingerprint density at radius 1 is 1.11 bits per heavy atom. The number of primary amides is 1. The van der Waals surface area contributed by atoms with Crippen LogP contribution < -0.4 is 16.4 Å². The van der Waals surface area contributed by atoms with Gasteiger partial charge in [-0.2, -0.15) is 4.98 Å². The molecule has 2 aliphatic rings. The van der Waals surface area contributed by atoms with E-state index < -0.39 is 12.2 Å². The van der Waals surface area contributed by atoms with Crippen molar-refractivity contribution < 1.29 is 13.9 Å². The Kier molecular flexibility index (Phi) is 7.39. The van der Waals surface area contributed by atoms with Crippen molar-refractivity contribution in [2.75, 3.05) is 23.8 Å². The van der Waals surface area contributed by atoms with Crippen LogP contribution in [0.15, 0.2) is 18.3 Å². The summed E-state index contributed by atoms with van der Waals surface area (Å²) in [4.78, 5) is 25.5. The van der Waals surface area contributed by atoms with Crippen molar-refractivity contribution in [1.29, 1.82) is 0 Å². The number of nitrogens with zero attached hydrogens (tertiary/aromatic N) is 4. The monoisotopic (exact) mass is 555 g/mol. The number of nitrogens with one attached hydrogen (secondary N) is 2. The average Bonchev–Trinajstić information content (AvgIpc) is 3.20. The van der Waals surface area contributed by atoms with Gasteiger partial charge >= 0.3 is 0 Å². The van der Waals surface area contributed by atoms with Crippen molar-refractivity contribution in [2.24, 2.45) is 11.7 Å². The van der Waals surface area contributed by atoms with Crippen LogP contribution in [-0.4, -0.2) is 50.9 Å². The Labute approximate surface area is 221 Å². The van der Waals surface area contributed by atoms with E-state index >= 15 is 0 Å². The second kappa shape index (κ2) is 10.5. The van der Waals surface area contributed by atoms with Gasteiger partial charge in [0, 0.05) is 23.6 Å². The topological polar surface area (TPSA) is 120 Å². The van der Waals surface area contributed by atoms with Gasteiger partial charge in [0.2, 0.25) is 17.8 Å². The third kappa shape index (κ3) is 5.18. The third-order valence-electron chi connectivity index (χ3n) is 6.74. The molecule has 1 saturated carbocycles. The average molecular weight is 557 g/mol. The van der Waals surface area contributed by atoms with Crippen LogP contribution in [0.2, 0.25) is 15.1 Å². The van der Waals surface area contributed by atoms with E-state index in [0.29, 0.717) is 82.5 Å². The number of carbonyl (C=O) groups excluding carboxylic acids is 1. The number of hydrogen-bond donors (Lipinski definition) is 3. The first kappa shape index (κ1) is 25.3. The molecule has 5 rings (SSSR count). The van der Waals surface area contributed by atoms with Crippen LogP contribution in [0.4, 0.5) is 22.0 Å². The molecule has 1 aromatic carbocycles. The van der Waals surface area contributed by atoms with E-state index in [9.17, 15) is 9.18 Å². The first-order chi connectivity index (χ1) is 17.3. The van der Waals surface area contributed by atoms with Crippen LogP contribution >= 0.6 is 34.8 Å². The molecular weight excluding hydrogens is 532 g/mol. The number of imidazole rings is 1. The van der Waals surface area contributed by atoms with E-state index in [1.165, 1.54) is 0 Å². The standard InChI is InChI=1S/C23H25Cl3FN7O2/c24-12-7-14(25)19(15(26)8-12)32-23-31-18-9-29-22(30-17-5-6-36-10-16(17)27)33-21(18)34(23)13-3-1-11(2-4-13)20(28)35/h7-9,11,13,16-17H,1-6,10H2,(H2,28,35)(H,31,32)(H,29,30,33)/t11?,13?,16-,17-/m0/s1. The summed E-state index contributed by atoms with van der Waals surface area (Å²) in [6.45, 7) is 0.510. The Morgan fingerprint density at radius 3 is 2.50 bits per heavy atom. The fourth-order valence-electron chi connectivity index (χ4n) is 4.82. The highest BCUT2D eigenvalue weighted by Crippen LogP contribution is 2.40. The third-order valence-corrected chi connectivity index (χ3v) is 7.56. The molecule has 1 saturated heterocycles. The van der Waals surface area contributed by atoms with Crippen LogP contribution in [0.1, 0.15) is 38.1 Å². The first-order valence-corrected chi connectivity index (χ1v) is 12.9. The molecule has 2 fully saturated rings. The highest BCUT2D eigenvalue weighted by Gasteiger charge is 2.30. The summed E-state index contributed by atoms with van der Waals surface area (Å²) in [5.74, 6) is 0.334. The number of benzene rings is 1. The summed E-state index contributed by atoms with van der Waals surface area (Å²) < 4.78 is 21.5. The lowest BCUT2D eigenvalue weighted by atomic mass is 9.85. The normalized spacial score (nSPS) is 24.6. The van der Waals surface area contributed by atoms with E-state index in [-0.39, 0.29) is 24.5 Å². The number of carbonyl (C=O) groups is 1. The lowest BCUT2D eigenvalue weighted by Gasteiger charge is -2.29. The van der Waals surface area contributed by atoms with Crippen LogP contribution in [0.25, 0.3) is 11.2 Å². The minimum atomic E-state index is -1.15. The summed E-state index contributed by atoms with van der Waals surface area (Å²) in [5, 5.41) is 7.43. The summed E-state index contributed by atoms with van der Waals surface area (Å²) in [6, 6.07) is 2.72.